The van der Waals surface area contributed by atoms with Crippen molar-refractivity contribution in [3.8, 4) is 0 Å². The van der Waals surface area contributed by atoms with E-state index in [0.717, 1.165) is 31.2 Å². The van der Waals surface area contributed by atoms with Gasteiger partial charge in [0.1, 0.15) is 11.8 Å². The molecule has 2 aromatic rings. The summed E-state index contributed by atoms with van der Waals surface area (Å²) in [5.74, 6) is 0.188. The maximum Gasteiger partial charge on any atom is 0.256 e. The summed E-state index contributed by atoms with van der Waals surface area (Å²) in [5.41, 5.74) is 0.762. The van der Waals surface area contributed by atoms with Crippen LogP contribution in [0.2, 0.25) is 5.02 Å². The highest BCUT2D eigenvalue weighted by Crippen LogP contribution is 2.43. The minimum atomic E-state index is -0.732. The molecule has 2 atom stereocenters. The summed E-state index contributed by atoms with van der Waals surface area (Å²) in [4.78, 5) is 28.6. The maximum atomic E-state index is 13.6. The smallest absolute Gasteiger partial charge is 0.256 e. The van der Waals surface area contributed by atoms with Gasteiger partial charge in [-0.3, -0.25) is 14.5 Å². The van der Waals surface area contributed by atoms with Crippen LogP contribution in [-0.2, 0) is 9.53 Å². The van der Waals surface area contributed by atoms with Crippen LogP contribution in [0.15, 0.2) is 54.6 Å². The average Bonchev–Trinajstić information content (AvgIpc) is 3.15. The first-order chi connectivity index (χ1) is 14.9. The highest BCUT2D eigenvalue weighted by Gasteiger charge is 2.53. The Morgan fingerprint density at radius 1 is 1.13 bits per heavy atom. The van der Waals surface area contributed by atoms with Crippen LogP contribution in [0.3, 0.4) is 0 Å². The number of nitrogens with zero attached hydrogens (tertiary/aromatic N) is 1. The SMILES string of the molecule is CC1CCC2(CC1)OCC(C(=O)NC(C)c1ccccc1)N2C(=O)c1cccc(Cl)c1. The number of nitrogens with one attached hydrogen (secondary N) is 1. The third-order valence-electron chi connectivity index (χ3n) is 6.57. The van der Waals surface area contributed by atoms with Crippen molar-refractivity contribution >= 4 is 23.4 Å². The molecule has 5 nitrogen and oxygen atoms in total. The van der Waals surface area contributed by atoms with Gasteiger partial charge in [-0.05, 0) is 62.3 Å². The Balaban J connectivity index is 1.61. The number of benzene rings is 2. The van der Waals surface area contributed by atoms with Crippen LogP contribution in [0, 0.1) is 5.92 Å². The molecule has 0 radical (unpaired) electrons. The van der Waals surface area contributed by atoms with Crippen molar-refractivity contribution in [3.63, 3.8) is 0 Å². The third kappa shape index (κ3) is 4.48. The van der Waals surface area contributed by atoms with Gasteiger partial charge in [0.05, 0.1) is 12.6 Å². The number of hydrogen-bond acceptors (Lipinski definition) is 3. The van der Waals surface area contributed by atoms with Crippen LogP contribution < -0.4 is 5.32 Å². The molecule has 1 N–H and O–H groups in total. The van der Waals surface area contributed by atoms with Gasteiger partial charge in [0.25, 0.3) is 5.91 Å². The molecular weight excluding hydrogens is 412 g/mol. The van der Waals surface area contributed by atoms with Crippen LogP contribution in [0.5, 0.6) is 0 Å². The summed E-state index contributed by atoms with van der Waals surface area (Å²) >= 11 is 6.15. The molecule has 2 aromatic carbocycles. The fourth-order valence-corrected chi connectivity index (χ4v) is 4.87. The van der Waals surface area contributed by atoms with Crippen molar-refractivity contribution < 1.29 is 14.3 Å². The van der Waals surface area contributed by atoms with Crippen molar-refractivity contribution in [2.45, 2.75) is 57.3 Å². The quantitative estimate of drug-likeness (QED) is 0.730. The molecule has 2 unspecified atom stereocenters. The molecule has 1 aliphatic heterocycles. The Morgan fingerprint density at radius 3 is 2.52 bits per heavy atom. The summed E-state index contributed by atoms with van der Waals surface area (Å²) in [6, 6.07) is 15.9. The van der Waals surface area contributed by atoms with Crippen molar-refractivity contribution in [1.29, 1.82) is 0 Å². The molecule has 6 heteroatoms. The van der Waals surface area contributed by atoms with Crippen LogP contribution in [0.25, 0.3) is 0 Å². The number of ether oxygens (including phenoxy) is 1. The summed E-state index contributed by atoms with van der Waals surface area (Å²) in [7, 11) is 0. The van der Waals surface area contributed by atoms with Gasteiger partial charge in [0.2, 0.25) is 5.91 Å². The van der Waals surface area contributed by atoms with Gasteiger partial charge < -0.3 is 10.1 Å². The third-order valence-corrected chi connectivity index (χ3v) is 6.80. The average molecular weight is 441 g/mol. The van der Waals surface area contributed by atoms with Crippen LogP contribution in [-0.4, -0.2) is 35.1 Å². The summed E-state index contributed by atoms with van der Waals surface area (Å²) in [6.45, 7) is 4.37. The predicted molar refractivity (Wildman–Crippen MR) is 121 cm³/mol. The lowest BCUT2D eigenvalue weighted by Crippen LogP contribution is -2.57. The molecule has 0 aromatic heterocycles. The van der Waals surface area contributed by atoms with Crippen LogP contribution in [0.4, 0.5) is 0 Å². The zero-order valence-electron chi connectivity index (χ0n) is 18.0. The first-order valence-electron chi connectivity index (χ1n) is 11.0. The number of carbonyl (C=O) groups is 2. The Kier molecular flexibility index (Phi) is 6.35. The molecule has 1 saturated heterocycles. The molecule has 2 amide bonds. The zero-order chi connectivity index (χ0) is 22.0. The Labute approximate surface area is 188 Å². The second-order valence-electron chi connectivity index (χ2n) is 8.78. The first-order valence-corrected chi connectivity index (χ1v) is 11.4. The molecule has 2 fully saturated rings. The monoisotopic (exact) mass is 440 g/mol. The Bertz CT molecular complexity index is 941. The van der Waals surface area contributed by atoms with E-state index >= 15 is 0 Å². The van der Waals surface area contributed by atoms with E-state index < -0.39 is 11.8 Å². The van der Waals surface area contributed by atoms with E-state index in [0.29, 0.717) is 16.5 Å². The van der Waals surface area contributed by atoms with Gasteiger partial charge in [-0.1, -0.05) is 54.9 Å². The molecule has 1 heterocycles. The molecule has 164 valence electrons. The van der Waals surface area contributed by atoms with Crippen LogP contribution in [0.1, 0.15) is 61.5 Å². The lowest BCUT2D eigenvalue weighted by molar-refractivity contribution is -0.128. The summed E-state index contributed by atoms with van der Waals surface area (Å²) < 4.78 is 6.25. The van der Waals surface area contributed by atoms with Crippen molar-refractivity contribution in [1.82, 2.24) is 10.2 Å². The minimum Gasteiger partial charge on any atom is -0.353 e. The fraction of sp³-hybridized carbons (Fsp3) is 0.440. The van der Waals surface area contributed by atoms with Gasteiger partial charge in [-0.15, -0.1) is 0 Å². The normalized spacial score (nSPS) is 26.6. The second-order valence-corrected chi connectivity index (χ2v) is 9.22. The first kappa shape index (κ1) is 21.8. The number of rotatable bonds is 4. The standard InChI is InChI=1S/C25H29ClN2O3/c1-17-11-13-25(14-12-17)28(24(30)20-9-6-10-21(26)15-20)22(16-31-25)23(29)27-18(2)19-7-4-3-5-8-19/h3-10,15,17-18,22H,11-14,16H2,1-2H3,(H,27,29). The zero-order valence-corrected chi connectivity index (χ0v) is 18.8. The van der Waals surface area contributed by atoms with Crippen molar-refractivity contribution in [2.75, 3.05) is 6.61 Å². The lowest BCUT2D eigenvalue weighted by atomic mass is 9.83. The molecule has 1 saturated carbocycles. The van der Waals surface area contributed by atoms with E-state index in [9.17, 15) is 9.59 Å². The number of hydrogen-bond donors (Lipinski definition) is 1. The number of amides is 2. The number of halogens is 1. The minimum absolute atomic E-state index is 0.167. The molecule has 1 aliphatic carbocycles. The van der Waals surface area contributed by atoms with Gasteiger partial charge in [0.15, 0.2) is 0 Å². The van der Waals surface area contributed by atoms with Crippen molar-refractivity contribution in [2.24, 2.45) is 5.92 Å². The molecule has 2 aliphatic rings. The molecular formula is C25H29ClN2O3. The van der Waals surface area contributed by atoms with Crippen molar-refractivity contribution in [3.05, 3.63) is 70.7 Å². The Morgan fingerprint density at radius 2 is 1.84 bits per heavy atom. The van der Waals surface area contributed by atoms with E-state index in [1.165, 1.54) is 0 Å². The molecule has 0 bridgehead atoms. The number of carbonyl (C=O) groups excluding carboxylic acids is 2. The highest BCUT2D eigenvalue weighted by atomic mass is 35.5. The molecule has 31 heavy (non-hydrogen) atoms. The highest BCUT2D eigenvalue weighted by molar-refractivity contribution is 6.31. The van der Waals surface area contributed by atoms with Crippen LogP contribution >= 0.6 is 11.6 Å². The van der Waals surface area contributed by atoms with E-state index in [1.54, 1.807) is 29.2 Å². The Hall–Kier alpha value is -2.37. The van der Waals surface area contributed by atoms with Gasteiger partial charge >= 0.3 is 0 Å². The van der Waals surface area contributed by atoms with E-state index in [1.807, 2.05) is 37.3 Å². The van der Waals surface area contributed by atoms with E-state index in [2.05, 4.69) is 12.2 Å². The summed E-state index contributed by atoms with van der Waals surface area (Å²) in [5, 5.41) is 3.57. The largest absolute Gasteiger partial charge is 0.353 e. The molecule has 1 spiro atoms. The topological polar surface area (TPSA) is 58.6 Å². The lowest BCUT2D eigenvalue weighted by Gasteiger charge is -2.43. The van der Waals surface area contributed by atoms with E-state index in [-0.39, 0.29) is 24.5 Å². The molecule has 4 rings (SSSR count). The predicted octanol–water partition coefficient (Wildman–Crippen LogP) is 4.96. The maximum absolute atomic E-state index is 13.6. The second kappa shape index (κ2) is 9.01. The van der Waals surface area contributed by atoms with Gasteiger partial charge in [0, 0.05) is 10.6 Å². The van der Waals surface area contributed by atoms with E-state index in [4.69, 9.17) is 16.3 Å². The summed E-state index contributed by atoms with van der Waals surface area (Å²) in [6.07, 6.45) is 3.40. The van der Waals surface area contributed by atoms with Gasteiger partial charge in [-0.25, -0.2) is 0 Å². The van der Waals surface area contributed by atoms with Gasteiger partial charge in [-0.2, -0.15) is 0 Å². The fourth-order valence-electron chi connectivity index (χ4n) is 4.68.